The van der Waals surface area contributed by atoms with Crippen molar-refractivity contribution >= 4 is 29.3 Å². The Kier molecular flexibility index (Phi) is 8.97. The van der Waals surface area contributed by atoms with Gasteiger partial charge in [0.05, 0.1) is 31.0 Å². The fraction of sp³-hybridized carbons (Fsp3) is 0.484. The minimum Gasteiger partial charge on any atom is -0.480 e. The molecule has 0 saturated heterocycles. The molecule has 4 rings (SSSR count). The summed E-state index contributed by atoms with van der Waals surface area (Å²) in [5.41, 5.74) is 2.17. The lowest BCUT2D eigenvalue weighted by molar-refractivity contribution is -0.133. The van der Waals surface area contributed by atoms with Crippen molar-refractivity contribution in [3.63, 3.8) is 0 Å². The highest BCUT2D eigenvalue weighted by atomic mass is 16.5. The number of Topliss-reactive ketones (excluding diaryl/α,β-unsaturated/α-hetero) is 1. The largest absolute Gasteiger partial charge is 0.480 e. The molecule has 216 valence electrons. The van der Waals surface area contributed by atoms with Crippen LogP contribution in [0.3, 0.4) is 0 Å². The van der Waals surface area contributed by atoms with Crippen LogP contribution >= 0.6 is 0 Å². The summed E-state index contributed by atoms with van der Waals surface area (Å²) < 4.78 is 21.0. The molecule has 0 bridgehead atoms. The van der Waals surface area contributed by atoms with Crippen molar-refractivity contribution in [2.75, 3.05) is 25.7 Å². The molecule has 0 aliphatic carbocycles. The van der Waals surface area contributed by atoms with Crippen molar-refractivity contribution in [2.45, 2.75) is 78.9 Å². The Morgan fingerprint density at radius 1 is 0.850 bits per heavy atom. The zero-order chi connectivity index (χ0) is 30.0. The first-order valence-electron chi connectivity index (χ1n) is 13.3. The molecule has 0 spiro atoms. The van der Waals surface area contributed by atoms with Gasteiger partial charge in [0.25, 0.3) is 5.91 Å². The van der Waals surface area contributed by atoms with Gasteiger partial charge in [-0.2, -0.15) is 0 Å². The van der Waals surface area contributed by atoms with Gasteiger partial charge in [-0.05, 0) is 83.4 Å². The fourth-order valence-electron chi connectivity index (χ4n) is 4.59. The molecule has 2 heterocycles. The highest BCUT2D eigenvalue weighted by Crippen LogP contribution is 2.40. The highest BCUT2D eigenvalue weighted by Gasteiger charge is 2.41. The molecule has 2 aliphatic heterocycles. The maximum Gasteiger partial charge on any atom is 0.338 e. The van der Waals surface area contributed by atoms with Crippen LogP contribution in [-0.2, 0) is 25.5 Å². The van der Waals surface area contributed by atoms with Gasteiger partial charge in [0.2, 0.25) is 0 Å². The lowest BCUT2D eigenvalue weighted by Gasteiger charge is -2.39. The molecule has 2 aromatic rings. The number of esters is 2. The van der Waals surface area contributed by atoms with E-state index in [1.807, 2.05) is 13.8 Å². The second kappa shape index (κ2) is 11.7. The molecular weight excluding hydrogens is 514 g/mol. The van der Waals surface area contributed by atoms with E-state index in [9.17, 15) is 19.2 Å². The normalized spacial score (nSPS) is 16.4. The first-order valence-corrected chi connectivity index (χ1v) is 13.3. The smallest absolute Gasteiger partial charge is 0.338 e. The van der Waals surface area contributed by atoms with E-state index in [1.54, 1.807) is 56.9 Å². The maximum atomic E-state index is 12.6. The number of benzene rings is 2. The van der Waals surface area contributed by atoms with Crippen molar-refractivity contribution in [1.29, 1.82) is 0 Å². The molecule has 0 unspecified atom stereocenters. The van der Waals surface area contributed by atoms with Gasteiger partial charge in [-0.3, -0.25) is 9.59 Å². The van der Waals surface area contributed by atoms with E-state index >= 15 is 0 Å². The fourth-order valence-corrected chi connectivity index (χ4v) is 4.59. The van der Waals surface area contributed by atoms with Crippen LogP contribution in [0.4, 0.5) is 5.69 Å². The highest BCUT2D eigenvalue weighted by molar-refractivity contribution is 6.04. The third-order valence-corrected chi connectivity index (χ3v) is 7.06. The molecule has 9 nitrogen and oxygen atoms in total. The number of hydrogen-bond donors (Lipinski definition) is 0. The lowest BCUT2D eigenvalue weighted by atomic mass is 9.91. The Balaban J connectivity index is 0.000000225. The second-order valence-electron chi connectivity index (χ2n) is 11.0. The Morgan fingerprint density at radius 2 is 1.38 bits per heavy atom. The first-order chi connectivity index (χ1) is 18.7. The Labute approximate surface area is 235 Å². The van der Waals surface area contributed by atoms with Crippen LogP contribution in [0.15, 0.2) is 24.3 Å². The minimum absolute atomic E-state index is 0.00895. The zero-order valence-corrected chi connectivity index (χ0v) is 24.9. The quantitative estimate of drug-likeness (QED) is 0.468. The summed E-state index contributed by atoms with van der Waals surface area (Å²) in [6, 6.07) is 6.97. The van der Waals surface area contributed by atoms with Crippen molar-refractivity contribution in [3.05, 3.63) is 52.1 Å². The number of aryl methyl sites for hydroxylation is 2. The number of fused-ring (bicyclic) bond motifs is 2. The molecule has 0 radical (unpaired) electrons. The SMILES string of the molecule is CCCCN1C(=O)C(C)(C)Oc2cc(C)c(C(=O)OC)cc21.COC(=O)c1cc2c(cc1C)OC(C)(C)C(=O)C2. The predicted molar refractivity (Wildman–Crippen MR) is 150 cm³/mol. The number of unbranched alkanes of at least 4 members (excludes halogenated alkanes) is 1. The first kappa shape index (κ1) is 30.7. The van der Waals surface area contributed by atoms with Gasteiger partial charge in [0.1, 0.15) is 11.5 Å². The van der Waals surface area contributed by atoms with Crippen molar-refractivity contribution in [3.8, 4) is 11.5 Å². The summed E-state index contributed by atoms with van der Waals surface area (Å²) in [7, 11) is 2.69. The number of hydrogen-bond acceptors (Lipinski definition) is 8. The summed E-state index contributed by atoms with van der Waals surface area (Å²) >= 11 is 0. The van der Waals surface area contributed by atoms with E-state index in [4.69, 9.17) is 18.9 Å². The van der Waals surface area contributed by atoms with Gasteiger partial charge >= 0.3 is 11.9 Å². The molecule has 0 aromatic heterocycles. The molecule has 0 saturated carbocycles. The van der Waals surface area contributed by atoms with E-state index in [0.29, 0.717) is 34.9 Å². The van der Waals surface area contributed by atoms with Crippen LogP contribution in [0.25, 0.3) is 0 Å². The average molecular weight is 554 g/mol. The molecule has 0 atom stereocenters. The molecular formula is C31H39NO8. The molecule has 40 heavy (non-hydrogen) atoms. The molecule has 9 heteroatoms. The van der Waals surface area contributed by atoms with Gasteiger partial charge in [-0.1, -0.05) is 13.3 Å². The monoisotopic (exact) mass is 553 g/mol. The number of rotatable bonds is 5. The standard InChI is InChI=1S/C17H23NO4.C14H16O4/c1-6-7-8-18-13-10-12(15(19)21-5)11(2)9-14(13)22-17(3,4)16(18)20;1-8-5-11-9(6-10(8)13(16)17-4)7-12(15)14(2,3)18-11/h9-10H,6-8H2,1-5H3;5-6H,7H2,1-4H3. The van der Waals surface area contributed by atoms with Gasteiger partial charge in [0, 0.05) is 18.5 Å². The topological polar surface area (TPSA) is 108 Å². The number of amides is 1. The van der Waals surface area contributed by atoms with E-state index in [0.717, 1.165) is 29.5 Å². The van der Waals surface area contributed by atoms with Crippen LogP contribution < -0.4 is 14.4 Å². The second-order valence-corrected chi connectivity index (χ2v) is 11.0. The minimum atomic E-state index is -0.903. The summed E-state index contributed by atoms with van der Waals surface area (Å²) in [6.07, 6.45) is 2.16. The number of methoxy groups -OCH3 is 2. The average Bonchev–Trinajstić information content (AvgIpc) is 2.88. The Hall–Kier alpha value is -3.88. The van der Waals surface area contributed by atoms with E-state index in [1.165, 1.54) is 14.2 Å². The third kappa shape index (κ3) is 6.13. The van der Waals surface area contributed by atoms with Crippen molar-refractivity contribution in [2.24, 2.45) is 0 Å². The number of ether oxygens (including phenoxy) is 4. The number of carbonyl (C=O) groups excluding carboxylic acids is 4. The molecule has 2 aromatic carbocycles. The van der Waals surface area contributed by atoms with Gasteiger partial charge < -0.3 is 23.8 Å². The number of anilines is 1. The van der Waals surface area contributed by atoms with E-state index in [2.05, 4.69) is 6.92 Å². The van der Waals surface area contributed by atoms with Crippen LogP contribution in [0.1, 0.15) is 84.9 Å². The van der Waals surface area contributed by atoms with Crippen LogP contribution in [0.2, 0.25) is 0 Å². The molecule has 0 N–H and O–H groups in total. The number of carbonyl (C=O) groups is 4. The predicted octanol–water partition coefficient (Wildman–Crippen LogP) is 5.15. The van der Waals surface area contributed by atoms with E-state index < -0.39 is 23.1 Å². The van der Waals surface area contributed by atoms with E-state index in [-0.39, 0.29) is 18.1 Å². The maximum absolute atomic E-state index is 12.6. The number of nitrogens with zero attached hydrogens (tertiary/aromatic N) is 1. The van der Waals surface area contributed by atoms with Gasteiger partial charge in [0.15, 0.2) is 17.0 Å². The summed E-state index contributed by atoms with van der Waals surface area (Å²) in [4.78, 5) is 49.7. The number of ketones is 1. The lowest BCUT2D eigenvalue weighted by Crippen LogP contribution is -2.52. The van der Waals surface area contributed by atoms with Crippen LogP contribution in [0, 0.1) is 13.8 Å². The van der Waals surface area contributed by atoms with Crippen molar-refractivity contribution < 1.29 is 38.1 Å². The Bertz CT molecular complexity index is 1340. The molecule has 0 fully saturated rings. The molecule has 1 amide bonds. The van der Waals surface area contributed by atoms with Crippen LogP contribution in [0.5, 0.6) is 11.5 Å². The summed E-state index contributed by atoms with van der Waals surface area (Å²) in [5.74, 6) is 0.416. The third-order valence-electron chi connectivity index (χ3n) is 7.06. The van der Waals surface area contributed by atoms with Gasteiger partial charge in [-0.15, -0.1) is 0 Å². The van der Waals surface area contributed by atoms with Crippen LogP contribution in [-0.4, -0.2) is 55.6 Å². The van der Waals surface area contributed by atoms with Gasteiger partial charge in [-0.25, -0.2) is 9.59 Å². The zero-order valence-electron chi connectivity index (χ0n) is 24.9. The summed E-state index contributed by atoms with van der Waals surface area (Å²) in [5, 5.41) is 0. The summed E-state index contributed by atoms with van der Waals surface area (Å²) in [6.45, 7) is 13.4. The van der Waals surface area contributed by atoms with Crippen molar-refractivity contribution in [1.82, 2.24) is 0 Å². The Morgan fingerprint density at radius 3 is 1.93 bits per heavy atom. The molecule has 2 aliphatic rings.